The molecule has 2 nitrogen and oxygen atoms in total. The van der Waals surface area contributed by atoms with Gasteiger partial charge in [-0.1, -0.05) is 6.07 Å². The second kappa shape index (κ2) is 5.15. The summed E-state index contributed by atoms with van der Waals surface area (Å²) >= 11 is 0. The number of aryl methyl sites for hydroxylation is 1. The fourth-order valence-corrected chi connectivity index (χ4v) is 5.31. The van der Waals surface area contributed by atoms with Gasteiger partial charge in [0, 0.05) is 12.8 Å². The second-order valence-electron chi connectivity index (χ2n) is 7.16. The van der Waals surface area contributed by atoms with Crippen molar-refractivity contribution in [2.24, 2.45) is 17.8 Å². The molecule has 0 spiro atoms. The summed E-state index contributed by atoms with van der Waals surface area (Å²) in [7, 11) is 1.75. The zero-order valence-corrected chi connectivity index (χ0v) is 12.8. The van der Waals surface area contributed by atoms with Gasteiger partial charge in [0.25, 0.3) is 0 Å². The van der Waals surface area contributed by atoms with Crippen molar-refractivity contribution in [2.45, 2.75) is 50.9 Å². The number of hydrogen-bond donors (Lipinski definition) is 0. The molecule has 0 amide bonds. The molecule has 0 unspecified atom stereocenters. The highest BCUT2D eigenvalue weighted by atomic mass is 16.5. The molecule has 4 rings (SSSR count). The monoisotopic (exact) mass is 284 g/mol. The van der Waals surface area contributed by atoms with Gasteiger partial charge in [-0.2, -0.15) is 0 Å². The van der Waals surface area contributed by atoms with Crippen LogP contribution in [-0.2, 0) is 11.2 Å². The third-order valence-electron chi connectivity index (χ3n) is 6.26. The topological polar surface area (TPSA) is 26.3 Å². The summed E-state index contributed by atoms with van der Waals surface area (Å²) in [5.41, 5.74) is 3.07. The number of ether oxygens (including phenoxy) is 1. The molecular formula is C19H24O2. The molecule has 3 aliphatic carbocycles. The van der Waals surface area contributed by atoms with Gasteiger partial charge in [-0.15, -0.1) is 0 Å². The van der Waals surface area contributed by atoms with Gasteiger partial charge < -0.3 is 4.74 Å². The molecule has 0 radical (unpaired) electrons. The second-order valence-corrected chi connectivity index (χ2v) is 7.16. The number of carbonyl (C=O) groups is 1. The van der Waals surface area contributed by atoms with E-state index in [4.69, 9.17) is 4.74 Å². The van der Waals surface area contributed by atoms with Crippen LogP contribution in [0.25, 0.3) is 0 Å². The van der Waals surface area contributed by atoms with Gasteiger partial charge in [-0.25, -0.2) is 0 Å². The molecule has 0 aliphatic heterocycles. The lowest BCUT2D eigenvalue weighted by Crippen LogP contribution is -2.39. The Kier molecular flexibility index (Phi) is 3.28. The summed E-state index contributed by atoms with van der Waals surface area (Å²) in [5, 5.41) is 0. The molecule has 21 heavy (non-hydrogen) atoms. The molecule has 112 valence electrons. The van der Waals surface area contributed by atoms with Gasteiger partial charge in [0.15, 0.2) is 0 Å². The molecule has 0 aromatic heterocycles. The normalized spacial score (nSPS) is 34.6. The van der Waals surface area contributed by atoms with E-state index in [-0.39, 0.29) is 0 Å². The first kappa shape index (κ1) is 13.4. The molecule has 4 atom stereocenters. The van der Waals surface area contributed by atoms with E-state index in [1.807, 2.05) is 0 Å². The fourth-order valence-electron chi connectivity index (χ4n) is 5.31. The van der Waals surface area contributed by atoms with Crippen molar-refractivity contribution in [2.75, 3.05) is 7.11 Å². The van der Waals surface area contributed by atoms with Crippen LogP contribution in [0.2, 0.25) is 0 Å². The van der Waals surface area contributed by atoms with Crippen LogP contribution >= 0.6 is 0 Å². The maximum absolute atomic E-state index is 11.7. The summed E-state index contributed by atoms with van der Waals surface area (Å²) in [6.45, 7) is 0. The van der Waals surface area contributed by atoms with Crippen LogP contribution in [0.3, 0.4) is 0 Å². The summed E-state index contributed by atoms with van der Waals surface area (Å²) < 4.78 is 5.38. The van der Waals surface area contributed by atoms with Crippen LogP contribution in [0, 0.1) is 17.8 Å². The van der Waals surface area contributed by atoms with E-state index in [0.717, 1.165) is 42.8 Å². The predicted molar refractivity (Wildman–Crippen MR) is 82.6 cm³/mol. The third-order valence-corrected chi connectivity index (χ3v) is 6.26. The van der Waals surface area contributed by atoms with Crippen molar-refractivity contribution in [1.29, 1.82) is 0 Å². The number of ketones is 1. The van der Waals surface area contributed by atoms with Gasteiger partial charge in [0.2, 0.25) is 0 Å². The Bertz CT molecular complexity index is 563. The highest BCUT2D eigenvalue weighted by Gasteiger charge is 2.44. The molecule has 0 heterocycles. The van der Waals surface area contributed by atoms with Crippen molar-refractivity contribution in [3.63, 3.8) is 0 Å². The molecular weight excluding hydrogens is 260 g/mol. The highest BCUT2D eigenvalue weighted by Crippen LogP contribution is 2.53. The maximum Gasteiger partial charge on any atom is 0.133 e. The van der Waals surface area contributed by atoms with Crippen LogP contribution in [-0.4, -0.2) is 12.9 Å². The largest absolute Gasteiger partial charge is 0.497 e. The first-order chi connectivity index (χ1) is 10.3. The summed E-state index contributed by atoms with van der Waals surface area (Å²) in [6, 6.07) is 6.67. The molecule has 0 saturated heterocycles. The Morgan fingerprint density at radius 2 is 1.90 bits per heavy atom. The Morgan fingerprint density at radius 3 is 2.76 bits per heavy atom. The highest BCUT2D eigenvalue weighted by molar-refractivity contribution is 5.79. The smallest absolute Gasteiger partial charge is 0.133 e. The Morgan fingerprint density at radius 1 is 1.05 bits per heavy atom. The van der Waals surface area contributed by atoms with Crippen molar-refractivity contribution in [1.82, 2.24) is 0 Å². The summed E-state index contributed by atoms with van der Waals surface area (Å²) in [4.78, 5) is 11.7. The number of carbonyl (C=O) groups excluding carboxylic acids is 1. The zero-order chi connectivity index (χ0) is 14.4. The first-order valence-electron chi connectivity index (χ1n) is 8.45. The predicted octanol–water partition coefficient (Wildman–Crippen LogP) is 4.12. The number of benzene rings is 1. The first-order valence-corrected chi connectivity index (χ1v) is 8.45. The lowest BCUT2D eigenvalue weighted by molar-refractivity contribution is -0.124. The van der Waals surface area contributed by atoms with Crippen LogP contribution in [0.15, 0.2) is 18.2 Å². The van der Waals surface area contributed by atoms with Crippen molar-refractivity contribution in [3.05, 3.63) is 29.3 Å². The van der Waals surface area contributed by atoms with Crippen molar-refractivity contribution in [3.8, 4) is 5.75 Å². The maximum atomic E-state index is 11.7. The molecule has 2 saturated carbocycles. The molecule has 0 N–H and O–H groups in total. The molecule has 1 aromatic carbocycles. The minimum absolute atomic E-state index is 0.510. The lowest BCUT2D eigenvalue weighted by Gasteiger charge is -2.48. The van der Waals surface area contributed by atoms with E-state index in [1.165, 1.54) is 31.2 Å². The Balaban J connectivity index is 1.63. The van der Waals surface area contributed by atoms with E-state index >= 15 is 0 Å². The fraction of sp³-hybridized carbons (Fsp3) is 0.632. The Labute approximate surface area is 126 Å². The Hall–Kier alpha value is -1.31. The van der Waals surface area contributed by atoms with E-state index in [2.05, 4.69) is 18.2 Å². The van der Waals surface area contributed by atoms with Crippen LogP contribution in [0.4, 0.5) is 0 Å². The molecule has 3 aliphatic rings. The van der Waals surface area contributed by atoms with Gasteiger partial charge >= 0.3 is 0 Å². The van der Waals surface area contributed by atoms with Crippen LogP contribution in [0.5, 0.6) is 5.75 Å². The van der Waals surface area contributed by atoms with Gasteiger partial charge in [-0.3, -0.25) is 4.79 Å². The minimum atomic E-state index is 0.510. The number of Topliss-reactive ketones (excluding diaryl/α,β-unsaturated/α-hetero) is 1. The van der Waals surface area contributed by atoms with Gasteiger partial charge in [0.05, 0.1) is 7.11 Å². The summed E-state index contributed by atoms with van der Waals surface area (Å²) in [5.74, 6) is 4.54. The number of methoxy groups -OCH3 is 1. The molecule has 2 heteroatoms. The van der Waals surface area contributed by atoms with E-state index < -0.39 is 0 Å². The molecule has 1 aromatic rings. The molecule has 2 fully saturated rings. The number of rotatable bonds is 1. The standard InChI is InChI=1S/C19H24O2/c1-21-15-5-9-17-13(11-15)3-7-18-16-8-4-14(20)10-12(16)2-6-19(17)18/h5,9,11-12,16,18-19H,2-4,6-8,10H2,1H3/t12-,16-,18+,19-/m1/s1. The van der Waals surface area contributed by atoms with E-state index in [1.54, 1.807) is 12.7 Å². The van der Waals surface area contributed by atoms with Gasteiger partial charge in [0.1, 0.15) is 11.5 Å². The van der Waals surface area contributed by atoms with Crippen LogP contribution in [0.1, 0.15) is 55.6 Å². The number of hydrogen-bond acceptors (Lipinski definition) is 2. The summed E-state index contributed by atoms with van der Waals surface area (Å²) in [6.07, 6.45) is 7.87. The molecule has 0 bridgehead atoms. The van der Waals surface area contributed by atoms with E-state index in [0.29, 0.717) is 11.7 Å². The van der Waals surface area contributed by atoms with Crippen molar-refractivity contribution >= 4 is 5.78 Å². The van der Waals surface area contributed by atoms with E-state index in [9.17, 15) is 4.79 Å². The minimum Gasteiger partial charge on any atom is -0.497 e. The number of fused-ring (bicyclic) bond motifs is 5. The van der Waals surface area contributed by atoms with Crippen molar-refractivity contribution < 1.29 is 9.53 Å². The SMILES string of the molecule is COc1ccc2c(c1)CC[C@H]1[C@@H]3CCC(=O)C[C@H]3CC[C@H]21. The average Bonchev–Trinajstić information content (AvgIpc) is 2.53. The quantitative estimate of drug-likeness (QED) is 0.775. The third kappa shape index (κ3) is 2.20. The van der Waals surface area contributed by atoms with Crippen LogP contribution < -0.4 is 4.74 Å². The van der Waals surface area contributed by atoms with Gasteiger partial charge in [-0.05, 0) is 79.0 Å². The average molecular weight is 284 g/mol. The zero-order valence-electron chi connectivity index (χ0n) is 12.8. The lowest BCUT2D eigenvalue weighted by atomic mass is 9.56.